The van der Waals surface area contributed by atoms with Crippen LogP contribution >= 0.6 is 0 Å². The first-order valence-electron chi connectivity index (χ1n) is 6.34. The Morgan fingerprint density at radius 1 is 1.30 bits per heavy atom. The molecule has 6 nitrogen and oxygen atoms in total. The number of carbonyl (C=O) groups is 2. The predicted molar refractivity (Wildman–Crippen MR) is 74.4 cm³/mol. The Morgan fingerprint density at radius 3 is 2.50 bits per heavy atom. The van der Waals surface area contributed by atoms with E-state index in [1.807, 2.05) is 49.3 Å². The van der Waals surface area contributed by atoms with Crippen LogP contribution in [0.15, 0.2) is 30.3 Å². The third kappa shape index (κ3) is 6.19. The van der Waals surface area contributed by atoms with Gasteiger partial charge in [-0.15, -0.1) is 0 Å². The van der Waals surface area contributed by atoms with E-state index in [0.717, 1.165) is 5.56 Å². The van der Waals surface area contributed by atoms with Gasteiger partial charge in [0, 0.05) is 6.54 Å². The predicted octanol–water partition coefficient (Wildman–Crippen LogP) is 1.32. The van der Waals surface area contributed by atoms with E-state index in [4.69, 9.17) is 9.84 Å². The van der Waals surface area contributed by atoms with E-state index in [9.17, 15) is 9.59 Å². The highest BCUT2D eigenvalue weighted by atomic mass is 16.5. The van der Waals surface area contributed by atoms with Gasteiger partial charge in [0.15, 0.2) is 0 Å². The van der Waals surface area contributed by atoms with Crippen molar-refractivity contribution in [1.82, 2.24) is 10.2 Å². The van der Waals surface area contributed by atoms with Crippen LogP contribution in [0.2, 0.25) is 0 Å². The molecule has 0 saturated carbocycles. The van der Waals surface area contributed by atoms with Gasteiger partial charge in [0.05, 0.1) is 0 Å². The van der Waals surface area contributed by atoms with Gasteiger partial charge in [-0.05, 0) is 26.1 Å². The maximum Gasteiger partial charge on any atom is 0.408 e. The summed E-state index contributed by atoms with van der Waals surface area (Å²) in [5.41, 5.74) is 0.850. The van der Waals surface area contributed by atoms with E-state index in [0.29, 0.717) is 13.0 Å². The lowest BCUT2D eigenvalue weighted by Gasteiger charge is -2.17. The van der Waals surface area contributed by atoms with Gasteiger partial charge in [-0.3, -0.25) is 0 Å². The number of rotatable bonds is 7. The summed E-state index contributed by atoms with van der Waals surface area (Å²) in [5.74, 6) is -1.07. The molecule has 110 valence electrons. The number of nitrogens with zero attached hydrogens (tertiary/aromatic N) is 1. The molecule has 0 aliphatic rings. The molecule has 0 heterocycles. The van der Waals surface area contributed by atoms with Crippen molar-refractivity contribution in [2.24, 2.45) is 0 Å². The zero-order chi connectivity index (χ0) is 15.0. The summed E-state index contributed by atoms with van der Waals surface area (Å²) in [7, 11) is 3.68. The molecule has 1 rings (SSSR count). The Morgan fingerprint density at radius 2 is 1.95 bits per heavy atom. The molecule has 0 radical (unpaired) electrons. The topological polar surface area (TPSA) is 78.9 Å². The lowest BCUT2D eigenvalue weighted by molar-refractivity contribution is -0.139. The molecular weight excluding hydrogens is 260 g/mol. The highest BCUT2D eigenvalue weighted by Crippen LogP contribution is 2.01. The highest BCUT2D eigenvalue weighted by molar-refractivity contribution is 5.79. The lowest BCUT2D eigenvalue weighted by atomic mass is 10.2. The fourth-order valence-corrected chi connectivity index (χ4v) is 1.55. The number of ether oxygens (including phenoxy) is 1. The Bertz CT molecular complexity index is 434. The number of benzene rings is 1. The third-order valence-corrected chi connectivity index (χ3v) is 2.67. The van der Waals surface area contributed by atoms with Crippen LogP contribution in [0.5, 0.6) is 0 Å². The van der Waals surface area contributed by atoms with Gasteiger partial charge in [0.1, 0.15) is 12.6 Å². The van der Waals surface area contributed by atoms with Crippen molar-refractivity contribution in [3.8, 4) is 0 Å². The summed E-state index contributed by atoms with van der Waals surface area (Å²) in [6.07, 6.45) is -0.400. The maximum absolute atomic E-state index is 11.6. The molecule has 1 aromatic carbocycles. The number of nitrogens with one attached hydrogen (secondary N) is 1. The molecular formula is C14H20N2O4. The number of carboxylic acid groups (broad SMARTS) is 1. The minimum Gasteiger partial charge on any atom is -0.480 e. The van der Waals surface area contributed by atoms with Gasteiger partial charge in [-0.2, -0.15) is 0 Å². The fraction of sp³-hybridized carbons (Fsp3) is 0.429. The molecule has 0 aromatic heterocycles. The van der Waals surface area contributed by atoms with Crippen LogP contribution in [-0.4, -0.2) is 48.8 Å². The quantitative estimate of drug-likeness (QED) is 0.787. The van der Waals surface area contributed by atoms with Crippen LogP contribution in [0.1, 0.15) is 12.0 Å². The normalized spacial score (nSPS) is 11.9. The molecule has 0 aliphatic heterocycles. The Kier molecular flexibility index (Phi) is 6.52. The molecule has 1 aromatic rings. The van der Waals surface area contributed by atoms with Crippen LogP contribution in [0.3, 0.4) is 0 Å². The number of alkyl carbamates (subject to hydrolysis) is 1. The van der Waals surface area contributed by atoms with Gasteiger partial charge >= 0.3 is 12.1 Å². The van der Waals surface area contributed by atoms with Crippen LogP contribution in [0.25, 0.3) is 0 Å². The average molecular weight is 280 g/mol. The zero-order valence-corrected chi connectivity index (χ0v) is 11.7. The standard InChI is InChI=1S/C14H20N2O4/c1-16(2)9-8-12(13(17)18)15-14(19)20-10-11-6-4-3-5-7-11/h3-7,12H,8-10H2,1-2H3,(H,15,19)(H,17,18)/t12-/m0/s1. The molecule has 0 aliphatic carbocycles. The minimum atomic E-state index is -1.07. The van der Waals surface area contributed by atoms with E-state index >= 15 is 0 Å². The molecule has 6 heteroatoms. The van der Waals surface area contributed by atoms with Crippen molar-refractivity contribution in [3.05, 3.63) is 35.9 Å². The lowest BCUT2D eigenvalue weighted by Crippen LogP contribution is -2.42. The molecule has 0 spiro atoms. The van der Waals surface area contributed by atoms with Crippen LogP contribution in [0.4, 0.5) is 4.79 Å². The summed E-state index contributed by atoms with van der Waals surface area (Å²) in [6.45, 7) is 0.683. The summed E-state index contributed by atoms with van der Waals surface area (Å²) in [4.78, 5) is 24.5. The second-order valence-corrected chi connectivity index (χ2v) is 4.69. The van der Waals surface area contributed by atoms with E-state index in [1.165, 1.54) is 0 Å². The summed E-state index contributed by atoms with van der Waals surface area (Å²) < 4.78 is 4.99. The van der Waals surface area contributed by atoms with Crippen molar-refractivity contribution in [3.63, 3.8) is 0 Å². The molecule has 0 bridgehead atoms. The Balaban J connectivity index is 2.40. The minimum absolute atomic E-state index is 0.118. The number of aliphatic carboxylic acids is 1. The zero-order valence-electron chi connectivity index (χ0n) is 11.7. The van der Waals surface area contributed by atoms with E-state index < -0.39 is 18.1 Å². The maximum atomic E-state index is 11.6. The van der Waals surface area contributed by atoms with Crippen molar-refractivity contribution in [1.29, 1.82) is 0 Å². The molecule has 1 atom stereocenters. The van der Waals surface area contributed by atoms with Crippen molar-refractivity contribution in [2.45, 2.75) is 19.1 Å². The first-order valence-corrected chi connectivity index (χ1v) is 6.34. The first kappa shape index (κ1) is 16.0. The molecule has 0 unspecified atom stereocenters. The van der Waals surface area contributed by atoms with Gasteiger partial charge in [-0.25, -0.2) is 9.59 Å². The number of carboxylic acids is 1. The highest BCUT2D eigenvalue weighted by Gasteiger charge is 2.20. The Labute approximate surface area is 118 Å². The van der Waals surface area contributed by atoms with Gasteiger partial charge in [-0.1, -0.05) is 30.3 Å². The second-order valence-electron chi connectivity index (χ2n) is 4.69. The number of carbonyl (C=O) groups excluding carboxylic acids is 1. The van der Waals surface area contributed by atoms with Crippen LogP contribution in [-0.2, 0) is 16.1 Å². The third-order valence-electron chi connectivity index (χ3n) is 2.67. The van der Waals surface area contributed by atoms with Gasteiger partial charge < -0.3 is 20.1 Å². The number of amides is 1. The molecule has 1 amide bonds. The summed E-state index contributed by atoms with van der Waals surface area (Å²) >= 11 is 0. The summed E-state index contributed by atoms with van der Waals surface area (Å²) in [5, 5.41) is 11.4. The van der Waals surface area contributed by atoms with E-state index in [-0.39, 0.29) is 6.61 Å². The molecule has 0 saturated heterocycles. The molecule has 20 heavy (non-hydrogen) atoms. The SMILES string of the molecule is CN(C)CC[C@H](NC(=O)OCc1ccccc1)C(=O)O. The summed E-state index contributed by atoms with van der Waals surface area (Å²) in [6, 6.07) is 8.26. The van der Waals surface area contributed by atoms with Crippen molar-refractivity contribution in [2.75, 3.05) is 20.6 Å². The van der Waals surface area contributed by atoms with Crippen molar-refractivity contribution >= 4 is 12.1 Å². The average Bonchev–Trinajstić information content (AvgIpc) is 2.41. The fourth-order valence-electron chi connectivity index (χ4n) is 1.55. The van der Waals surface area contributed by atoms with Gasteiger partial charge in [0.2, 0.25) is 0 Å². The second kappa shape index (κ2) is 8.16. The smallest absolute Gasteiger partial charge is 0.408 e. The Hall–Kier alpha value is -2.08. The molecule has 0 fully saturated rings. The number of hydrogen-bond acceptors (Lipinski definition) is 4. The van der Waals surface area contributed by atoms with Gasteiger partial charge in [0.25, 0.3) is 0 Å². The van der Waals surface area contributed by atoms with E-state index in [1.54, 1.807) is 0 Å². The van der Waals surface area contributed by atoms with Crippen molar-refractivity contribution < 1.29 is 19.4 Å². The first-order chi connectivity index (χ1) is 9.49. The monoisotopic (exact) mass is 280 g/mol. The number of hydrogen-bond donors (Lipinski definition) is 2. The largest absolute Gasteiger partial charge is 0.480 e. The van der Waals surface area contributed by atoms with E-state index in [2.05, 4.69) is 5.32 Å². The molecule has 2 N–H and O–H groups in total. The van der Waals surface area contributed by atoms with Crippen LogP contribution < -0.4 is 5.32 Å². The van der Waals surface area contributed by atoms with Crippen LogP contribution in [0, 0.1) is 0 Å².